The van der Waals surface area contributed by atoms with Gasteiger partial charge in [0.15, 0.2) is 0 Å². The molecule has 5 heteroatoms. The van der Waals surface area contributed by atoms with Crippen LogP contribution < -0.4 is 5.73 Å². The van der Waals surface area contributed by atoms with Gasteiger partial charge in [0.1, 0.15) is 6.61 Å². The summed E-state index contributed by atoms with van der Waals surface area (Å²) in [5.41, 5.74) is 5.97. The van der Waals surface area contributed by atoms with Crippen LogP contribution in [0.5, 0.6) is 0 Å². The number of ether oxygens (including phenoxy) is 1. The molecule has 2 rings (SSSR count). The van der Waals surface area contributed by atoms with E-state index in [2.05, 4.69) is 0 Å². The number of carbonyl (C=O) groups excluding carboxylic acids is 1. The molecule has 0 aromatic heterocycles. The fourth-order valence-corrected chi connectivity index (χ4v) is 2.23. The minimum atomic E-state index is -0.178. The van der Waals surface area contributed by atoms with Gasteiger partial charge >= 0.3 is 6.09 Å². The first kappa shape index (κ1) is 11.6. The van der Waals surface area contributed by atoms with E-state index in [1.165, 1.54) is 12.8 Å². The maximum atomic E-state index is 11.3. The summed E-state index contributed by atoms with van der Waals surface area (Å²) in [6, 6.07) is 0.378. The highest BCUT2D eigenvalue weighted by atomic mass is 35.5. The number of nitrogens with two attached hydrogens (primary N) is 1. The molecule has 14 heavy (non-hydrogen) atoms. The minimum absolute atomic E-state index is 0. The van der Waals surface area contributed by atoms with Crippen molar-refractivity contribution in [2.75, 3.05) is 13.2 Å². The van der Waals surface area contributed by atoms with Crippen molar-refractivity contribution in [2.24, 2.45) is 5.73 Å². The van der Waals surface area contributed by atoms with Crippen LogP contribution in [-0.2, 0) is 4.74 Å². The van der Waals surface area contributed by atoms with Gasteiger partial charge in [-0.1, -0.05) is 12.8 Å². The molecule has 0 radical (unpaired) electrons. The molecular weight excluding hydrogens is 204 g/mol. The molecule has 1 aliphatic carbocycles. The molecule has 82 valence electrons. The van der Waals surface area contributed by atoms with Crippen molar-refractivity contribution in [3.05, 3.63) is 0 Å². The third kappa shape index (κ3) is 2.12. The molecule has 1 saturated heterocycles. The van der Waals surface area contributed by atoms with E-state index in [0.29, 0.717) is 6.61 Å². The second-order valence-corrected chi connectivity index (χ2v) is 3.82. The molecule has 1 heterocycles. The molecule has 2 N–H and O–H groups in total. The Labute approximate surface area is 90.2 Å². The lowest BCUT2D eigenvalue weighted by Crippen LogP contribution is -2.49. The molecule has 2 atom stereocenters. The van der Waals surface area contributed by atoms with Crippen molar-refractivity contribution in [1.29, 1.82) is 0 Å². The predicted octanol–water partition coefficient (Wildman–Crippen LogP) is 1.13. The maximum Gasteiger partial charge on any atom is 0.410 e. The molecule has 0 bridgehead atoms. The Bertz CT molecular complexity index is 213. The van der Waals surface area contributed by atoms with Crippen molar-refractivity contribution < 1.29 is 9.53 Å². The fourth-order valence-electron chi connectivity index (χ4n) is 2.23. The van der Waals surface area contributed by atoms with Crippen molar-refractivity contribution in [3.8, 4) is 0 Å². The normalized spacial score (nSPS) is 32.4. The van der Waals surface area contributed by atoms with Crippen LogP contribution in [0, 0.1) is 0 Å². The van der Waals surface area contributed by atoms with E-state index in [-0.39, 0.29) is 30.6 Å². The molecule has 0 unspecified atom stereocenters. The number of cyclic esters (lactones) is 1. The number of carbonyl (C=O) groups is 1. The van der Waals surface area contributed by atoms with E-state index in [1.54, 1.807) is 4.90 Å². The zero-order valence-electron chi connectivity index (χ0n) is 8.15. The first-order valence-corrected chi connectivity index (χ1v) is 4.98. The third-order valence-electron chi connectivity index (χ3n) is 2.97. The molecule has 2 fully saturated rings. The highest BCUT2D eigenvalue weighted by Crippen LogP contribution is 2.23. The van der Waals surface area contributed by atoms with Gasteiger partial charge in [0.05, 0.1) is 12.6 Å². The van der Waals surface area contributed by atoms with Crippen LogP contribution in [-0.4, -0.2) is 36.2 Å². The molecular formula is C9H17ClN2O2. The molecule has 0 aromatic rings. The molecule has 2 aliphatic rings. The zero-order chi connectivity index (χ0) is 9.26. The van der Waals surface area contributed by atoms with Crippen LogP contribution in [0.4, 0.5) is 4.79 Å². The standard InChI is InChI=1S/C9H16N2O2.ClH/c10-7-3-1-2-4-8(7)11-5-6-13-9(11)12;/h7-8H,1-6,10H2;1H/t7-,8-;/m1./s1. The number of hydrogen-bond acceptors (Lipinski definition) is 3. The smallest absolute Gasteiger partial charge is 0.410 e. The Morgan fingerprint density at radius 1 is 1.36 bits per heavy atom. The Morgan fingerprint density at radius 2 is 2.07 bits per heavy atom. The Kier molecular flexibility index (Phi) is 4.01. The average molecular weight is 221 g/mol. The second-order valence-electron chi connectivity index (χ2n) is 3.82. The quantitative estimate of drug-likeness (QED) is 0.721. The SMILES string of the molecule is Cl.N[C@@H]1CCCC[C@H]1N1CCOC1=O. The van der Waals surface area contributed by atoms with Crippen molar-refractivity contribution >= 4 is 18.5 Å². The van der Waals surface area contributed by atoms with E-state index in [4.69, 9.17) is 10.5 Å². The van der Waals surface area contributed by atoms with Crippen molar-refractivity contribution in [2.45, 2.75) is 37.8 Å². The summed E-state index contributed by atoms with van der Waals surface area (Å²) in [5, 5.41) is 0. The molecule has 1 aliphatic heterocycles. The third-order valence-corrected chi connectivity index (χ3v) is 2.97. The number of nitrogens with zero attached hydrogens (tertiary/aromatic N) is 1. The summed E-state index contributed by atoms with van der Waals surface area (Å²) in [5.74, 6) is 0. The summed E-state index contributed by atoms with van der Waals surface area (Å²) >= 11 is 0. The molecule has 4 nitrogen and oxygen atoms in total. The van der Waals surface area contributed by atoms with Gasteiger partial charge in [0.2, 0.25) is 0 Å². The summed E-state index contributed by atoms with van der Waals surface area (Å²) < 4.78 is 4.90. The zero-order valence-corrected chi connectivity index (χ0v) is 8.96. The summed E-state index contributed by atoms with van der Waals surface area (Å²) in [6.07, 6.45) is 4.27. The van der Waals surface area contributed by atoms with Gasteiger partial charge < -0.3 is 15.4 Å². The van der Waals surface area contributed by atoms with Crippen molar-refractivity contribution in [1.82, 2.24) is 4.90 Å². The van der Waals surface area contributed by atoms with Crippen molar-refractivity contribution in [3.63, 3.8) is 0 Å². The molecule has 1 amide bonds. The highest BCUT2D eigenvalue weighted by molar-refractivity contribution is 5.85. The van der Waals surface area contributed by atoms with Crippen LogP contribution in [0.3, 0.4) is 0 Å². The molecule has 0 aromatic carbocycles. The minimum Gasteiger partial charge on any atom is -0.448 e. The Hall–Kier alpha value is -0.480. The number of halogens is 1. The van der Waals surface area contributed by atoms with Crippen LogP contribution in [0.2, 0.25) is 0 Å². The maximum absolute atomic E-state index is 11.3. The van der Waals surface area contributed by atoms with Gasteiger partial charge in [-0.3, -0.25) is 0 Å². The number of amides is 1. The van der Waals surface area contributed by atoms with Gasteiger partial charge in [-0.2, -0.15) is 0 Å². The predicted molar refractivity (Wildman–Crippen MR) is 55.5 cm³/mol. The van der Waals surface area contributed by atoms with Crippen LogP contribution in [0.25, 0.3) is 0 Å². The van der Waals surface area contributed by atoms with Gasteiger partial charge in [-0.05, 0) is 12.8 Å². The van der Waals surface area contributed by atoms with Gasteiger partial charge in [-0.15, -0.1) is 12.4 Å². The summed E-state index contributed by atoms with van der Waals surface area (Å²) in [7, 11) is 0. The second kappa shape index (κ2) is 4.84. The lowest BCUT2D eigenvalue weighted by atomic mass is 9.90. The first-order valence-electron chi connectivity index (χ1n) is 4.98. The van der Waals surface area contributed by atoms with Gasteiger partial charge in [0, 0.05) is 6.04 Å². The lowest BCUT2D eigenvalue weighted by molar-refractivity contribution is 0.132. The topological polar surface area (TPSA) is 55.6 Å². The van der Waals surface area contributed by atoms with Crippen LogP contribution in [0.15, 0.2) is 0 Å². The average Bonchev–Trinajstić information content (AvgIpc) is 2.52. The van der Waals surface area contributed by atoms with Crippen LogP contribution in [0.1, 0.15) is 25.7 Å². The summed E-state index contributed by atoms with van der Waals surface area (Å²) in [4.78, 5) is 13.1. The molecule has 1 saturated carbocycles. The van der Waals surface area contributed by atoms with Gasteiger partial charge in [-0.25, -0.2) is 4.79 Å². The van der Waals surface area contributed by atoms with E-state index in [0.717, 1.165) is 19.4 Å². The monoisotopic (exact) mass is 220 g/mol. The lowest BCUT2D eigenvalue weighted by Gasteiger charge is -2.34. The van der Waals surface area contributed by atoms with Gasteiger partial charge in [0.25, 0.3) is 0 Å². The van der Waals surface area contributed by atoms with E-state index >= 15 is 0 Å². The Balaban J connectivity index is 0.000000980. The fraction of sp³-hybridized carbons (Fsp3) is 0.889. The van der Waals surface area contributed by atoms with E-state index in [1.807, 2.05) is 0 Å². The number of hydrogen-bond donors (Lipinski definition) is 1. The highest BCUT2D eigenvalue weighted by Gasteiger charge is 2.34. The van der Waals surface area contributed by atoms with Crippen LogP contribution >= 0.6 is 12.4 Å². The Morgan fingerprint density at radius 3 is 2.64 bits per heavy atom. The number of rotatable bonds is 1. The van der Waals surface area contributed by atoms with E-state index < -0.39 is 0 Å². The van der Waals surface area contributed by atoms with E-state index in [9.17, 15) is 4.79 Å². The summed E-state index contributed by atoms with van der Waals surface area (Å²) in [6.45, 7) is 1.25. The first-order chi connectivity index (χ1) is 6.29. The largest absolute Gasteiger partial charge is 0.448 e. The molecule has 0 spiro atoms.